The van der Waals surface area contributed by atoms with Gasteiger partial charge in [-0.15, -0.1) is 0 Å². The number of likely N-dealkylation sites (N-methyl/N-ethyl adjacent to an activating group) is 1. The van der Waals surface area contributed by atoms with E-state index in [2.05, 4.69) is 5.32 Å². The highest BCUT2D eigenvalue weighted by Gasteiger charge is 2.33. The van der Waals surface area contributed by atoms with E-state index < -0.39 is 24.7 Å². The van der Waals surface area contributed by atoms with Gasteiger partial charge in [0.05, 0.1) is 6.54 Å². The molecule has 0 aromatic rings. The molecule has 0 heterocycles. The highest BCUT2D eigenvalue weighted by molar-refractivity contribution is 5.73. The molecule has 1 atom stereocenters. The van der Waals surface area contributed by atoms with Crippen molar-refractivity contribution in [2.45, 2.75) is 39.0 Å². The first kappa shape index (κ1) is 16.2. The molecular formula is C10H19F3N2O2. The van der Waals surface area contributed by atoms with Crippen LogP contribution in [0.4, 0.5) is 13.2 Å². The van der Waals surface area contributed by atoms with Crippen molar-refractivity contribution < 1.29 is 23.1 Å². The van der Waals surface area contributed by atoms with Crippen LogP contribution < -0.4 is 5.32 Å². The van der Waals surface area contributed by atoms with Crippen molar-refractivity contribution in [1.82, 2.24) is 10.2 Å². The molecule has 0 saturated heterocycles. The number of alkyl halides is 3. The molecule has 0 rings (SSSR count). The van der Waals surface area contributed by atoms with Crippen LogP contribution in [0.5, 0.6) is 0 Å². The Morgan fingerprint density at radius 1 is 1.41 bits per heavy atom. The number of rotatable bonds is 7. The SMILES string of the molecule is CCNC(CN(CC(F)(F)F)C(C)C)C(=O)O. The molecule has 0 fully saturated rings. The van der Waals surface area contributed by atoms with Gasteiger partial charge >= 0.3 is 12.1 Å². The van der Waals surface area contributed by atoms with Crippen LogP contribution in [0.15, 0.2) is 0 Å². The van der Waals surface area contributed by atoms with E-state index in [0.717, 1.165) is 4.90 Å². The number of halogens is 3. The van der Waals surface area contributed by atoms with Gasteiger partial charge in [0, 0.05) is 12.6 Å². The Hall–Kier alpha value is -0.820. The first-order chi connectivity index (χ1) is 7.67. The molecule has 0 bridgehead atoms. The first-order valence-electron chi connectivity index (χ1n) is 5.44. The molecule has 1 unspecified atom stereocenters. The average molecular weight is 256 g/mol. The number of carbonyl (C=O) groups is 1. The fourth-order valence-corrected chi connectivity index (χ4v) is 1.40. The molecule has 0 radical (unpaired) electrons. The van der Waals surface area contributed by atoms with E-state index in [-0.39, 0.29) is 12.6 Å². The number of nitrogens with one attached hydrogen (secondary N) is 1. The van der Waals surface area contributed by atoms with E-state index in [1.54, 1.807) is 20.8 Å². The molecule has 17 heavy (non-hydrogen) atoms. The highest BCUT2D eigenvalue weighted by atomic mass is 19.4. The maximum atomic E-state index is 12.3. The highest BCUT2D eigenvalue weighted by Crippen LogP contribution is 2.18. The minimum atomic E-state index is -4.32. The number of carboxylic acid groups (broad SMARTS) is 1. The van der Waals surface area contributed by atoms with Crippen LogP contribution in [0, 0.1) is 0 Å². The summed E-state index contributed by atoms with van der Waals surface area (Å²) in [5, 5.41) is 11.5. The summed E-state index contributed by atoms with van der Waals surface area (Å²) in [5.74, 6) is -1.14. The molecule has 0 aliphatic carbocycles. The summed E-state index contributed by atoms with van der Waals surface area (Å²) in [5.41, 5.74) is 0. The third-order valence-corrected chi connectivity index (χ3v) is 2.28. The van der Waals surface area contributed by atoms with Crippen molar-refractivity contribution in [3.8, 4) is 0 Å². The van der Waals surface area contributed by atoms with Crippen molar-refractivity contribution in [1.29, 1.82) is 0 Å². The van der Waals surface area contributed by atoms with E-state index in [1.807, 2.05) is 0 Å². The summed E-state index contributed by atoms with van der Waals surface area (Å²) >= 11 is 0. The molecule has 7 heteroatoms. The van der Waals surface area contributed by atoms with Crippen LogP contribution >= 0.6 is 0 Å². The quantitative estimate of drug-likeness (QED) is 0.721. The number of hydrogen-bond donors (Lipinski definition) is 2. The Labute approximate surface area is 98.8 Å². The summed E-state index contributed by atoms with van der Waals surface area (Å²) in [4.78, 5) is 11.9. The average Bonchev–Trinajstić information content (AvgIpc) is 2.13. The van der Waals surface area contributed by atoms with Crippen LogP contribution in [0.1, 0.15) is 20.8 Å². The Kier molecular flexibility index (Phi) is 6.48. The summed E-state index contributed by atoms with van der Waals surface area (Å²) in [6.45, 7) is 4.06. The zero-order valence-corrected chi connectivity index (χ0v) is 10.2. The van der Waals surface area contributed by atoms with Gasteiger partial charge in [-0.05, 0) is 20.4 Å². The summed E-state index contributed by atoms with van der Waals surface area (Å²) in [7, 11) is 0. The van der Waals surface area contributed by atoms with Crippen molar-refractivity contribution in [2.75, 3.05) is 19.6 Å². The normalized spacial score (nSPS) is 14.4. The topological polar surface area (TPSA) is 52.6 Å². The van der Waals surface area contributed by atoms with Crippen LogP contribution in [0.3, 0.4) is 0 Å². The van der Waals surface area contributed by atoms with E-state index in [4.69, 9.17) is 5.11 Å². The van der Waals surface area contributed by atoms with Gasteiger partial charge in [0.1, 0.15) is 6.04 Å². The van der Waals surface area contributed by atoms with Gasteiger partial charge < -0.3 is 10.4 Å². The van der Waals surface area contributed by atoms with Crippen molar-refractivity contribution in [2.24, 2.45) is 0 Å². The smallest absolute Gasteiger partial charge is 0.401 e. The molecule has 2 N–H and O–H groups in total. The van der Waals surface area contributed by atoms with Gasteiger partial charge in [-0.1, -0.05) is 6.92 Å². The predicted molar refractivity (Wildman–Crippen MR) is 57.9 cm³/mol. The number of aliphatic carboxylic acids is 1. The van der Waals surface area contributed by atoms with Gasteiger partial charge in [0.2, 0.25) is 0 Å². The van der Waals surface area contributed by atoms with Crippen molar-refractivity contribution in [3.05, 3.63) is 0 Å². The molecule has 4 nitrogen and oxygen atoms in total. The van der Waals surface area contributed by atoms with E-state index >= 15 is 0 Å². The molecule has 0 spiro atoms. The van der Waals surface area contributed by atoms with Crippen LogP contribution in [-0.2, 0) is 4.79 Å². The van der Waals surface area contributed by atoms with Crippen LogP contribution in [0.25, 0.3) is 0 Å². The van der Waals surface area contributed by atoms with Crippen LogP contribution in [0.2, 0.25) is 0 Å². The number of carboxylic acids is 1. The third-order valence-electron chi connectivity index (χ3n) is 2.28. The van der Waals surface area contributed by atoms with Gasteiger partial charge in [-0.2, -0.15) is 13.2 Å². The first-order valence-corrected chi connectivity index (χ1v) is 5.44. The minimum absolute atomic E-state index is 0.166. The minimum Gasteiger partial charge on any atom is -0.480 e. The monoisotopic (exact) mass is 256 g/mol. The third kappa shape index (κ3) is 7.17. The molecule has 0 aliphatic rings. The maximum absolute atomic E-state index is 12.3. The van der Waals surface area contributed by atoms with Crippen LogP contribution in [-0.4, -0.2) is 53.9 Å². The zero-order valence-electron chi connectivity index (χ0n) is 10.2. The van der Waals surface area contributed by atoms with Gasteiger partial charge in [-0.25, -0.2) is 0 Å². The summed E-state index contributed by atoms with van der Waals surface area (Å²) in [6.07, 6.45) is -4.32. The fourth-order valence-electron chi connectivity index (χ4n) is 1.40. The summed E-state index contributed by atoms with van der Waals surface area (Å²) in [6, 6.07) is -1.35. The zero-order chi connectivity index (χ0) is 13.6. The second kappa shape index (κ2) is 6.80. The summed E-state index contributed by atoms with van der Waals surface area (Å²) < 4.78 is 36.9. The second-order valence-electron chi connectivity index (χ2n) is 4.09. The Morgan fingerprint density at radius 3 is 2.24 bits per heavy atom. The fraction of sp³-hybridized carbons (Fsp3) is 0.900. The molecule has 102 valence electrons. The largest absolute Gasteiger partial charge is 0.480 e. The Bertz CT molecular complexity index is 244. The van der Waals surface area contributed by atoms with Crippen molar-refractivity contribution in [3.63, 3.8) is 0 Å². The lowest BCUT2D eigenvalue weighted by atomic mass is 10.2. The van der Waals surface area contributed by atoms with Gasteiger partial charge in [0.25, 0.3) is 0 Å². The standard InChI is InChI=1S/C10H19F3N2O2/c1-4-14-8(9(16)17)5-15(7(2)3)6-10(11,12)13/h7-8,14H,4-6H2,1-3H3,(H,16,17). The molecule has 0 aromatic heterocycles. The Morgan fingerprint density at radius 2 is 1.94 bits per heavy atom. The van der Waals surface area contributed by atoms with E-state index in [1.165, 1.54) is 0 Å². The van der Waals surface area contributed by atoms with Gasteiger partial charge in [-0.3, -0.25) is 9.69 Å². The van der Waals surface area contributed by atoms with Gasteiger partial charge in [0.15, 0.2) is 0 Å². The van der Waals surface area contributed by atoms with E-state index in [9.17, 15) is 18.0 Å². The number of hydrogen-bond acceptors (Lipinski definition) is 3. The predicted octanol–water partition coefficient (Wildman–Crippen LogP) is 1.32. The van der Waals surface area contributed by atoms with Crippen molar-refractivity contribution >= 4 is 5.97 Å². The maximum Gasteiger partial charge on any atom is 0.401 e. The Balaban J connectivity index is 4.56. The molecular weight excluding hydrogens is 237 g/mol. The number of nitrogens with zero attached hydrogens (tertiary/aromatic N) is 1. The lowest BCUT2D eigenvalue weighted by Gasteiger charge is -2.30. The lowest BCUT2D eigenvalue weighted by Crippen LogP contribution is -2.50. The molecule has 0 amide bonds. The lowest BCUT2D eigenvalue weighted by molar-refractivity contribution is -0.154. The van der Waals surface area contributed by atoms with E-state index in [0.29, 0.717) is 6.54 Å². The molecule has 0 aromatic carbocycles. The second-order valence-corrected chi connectivity index (χ2v) is 4.09. The molecule has 0 aliphatic heterocycles. The molecule has 0 saturated carbocycles.